The summed E-state index contributed by atoms with van der Waals surface area (Å²) >= 11 is 0. The van der Waals surface area contributed by atoms with Crippen molar-refractivity contribution >= 4 is 11.4 Å². The number of benzene rings is 1. The summed E-state index contributed by atoms with van der Waals surface area (Å²) < 4.78 is 0. The summed E-state index contributed by atoms with van der Waals surface area (Å²) in [6.45, 7) is 6.32. The monoisotopic (exact) mass is 279 g/mol. The van der Waals surface area contributed by atoms with Crippen molar-refractivity contribution in [1.82, 2.24) is 4.90 Å². The minimum absolute atomic E-state index is 0.150. The molecule has 1 saturated heterocycles. The molecule has 0 saturated carbocycles. The molecule has 6 nitrogen and oxygen atoms in total. The van der Waals surface area contributed by atoms with E-state index >= 15 is 0 Å². The van der Waals surface area contributed by atoms with Crippen LogP contribution >= 0.6 is 0 Å². The lowest BCUT2D eigenvalue weighted by atomic mass is 10.1. The van der Waals surface area contributed by atoms with E-state index in [1.807, 2.05) is 13.0 Å². The smallest absolute Gasteiger partial charge is 0.271 e. The SMILES string of the molecule is Cc1cc(N2CCCN(CCO)CC2)cc([N+](=O)[O-])c1. The van der Waals surface area contributed by atoms with Gasteiger partial charge in [0.2, 0.25) is 0 Å². The zero-order valence-electron chi connectivity index (χ0n) is 11.8. The van der Waals surface area contributed by atoms with Crippen molar-refractivity contribution in [1.29, 1.82) is 0 Å². The topological polar surface area (TPSA) is 69.8 Å². The molecule has 1 N–H and O–H groups in total. The fourth-order valence-corrected chi connectivity index (χ4v) is 2.63. The highest BCUT2D eigenvalue weighted by Gasteiger charge is 2.17. The lowest BCUT2D eigenvalue weighted by Gasteiger charge is -2.23. The van der Waals surface area contributed by atoms with Crippen molar-refractivity contribution in [2.24, 2.45) is 0 Å². The number of anilines is 1. The van der Waals surface area contributed by atoms with Gasteiger partial charge in [-0.15, -0.1) is 0 Å². The number of β-amino-alcohol motifs (C(OH)–C–C–N with tert-alkyl or cyclic N) is 1. The molecule has 0 aromatic heterocycles. The Balaban J connectivity index is 2.13. The van der Waals surface area contributed by atoms with Gasteiger partial charge in [-0.05, 0) is 31.5 Å². The van der Waals surface area contributed by atoms with E-state index in [1.165, 1.54) is 0 Å². The molecule has 0 radical (unpaired) electrons. The van der Waals surface area contributed by atoms with Gasteiger partial charge in [0.05, 0.1) is 11.5 Å². The fraction of sp³-hybridized carbons (Fsp3) is 0.571. The molecule has 1 heterocycles. The number of hydrogen-bond acceptors (Lipinski definition) is 5. The van der Waals surface area contributed by atoms with E-state index in [4.69, 9.17) is 5.11 Å². The first kappa shape index (κ1) is 14.7. The molecule has 1 fully saturated rings. The van der Waals surface area contributed by atoms with Crippen molar-refractivity contribution in [3.8, 4) is 0 Å². The number of nitrogens with zero attached hydrogens (tertiary/aromatic N) is 3. The van der Waals surface area contributed by atoms with Crippen LogP contribution in [0.1, 0.15) is 12.0 Å². The van der Waals surface area contributed by atoms with E-state index in [0.717, 1.165) is 43.9 Å². The first-order chi connectivity index (χ1) is 9.60. The maximum absolute atomic E-state index is 10.9. The van der Waals surface area contributed by atoms with E-state index < -0.39 is 0 Å². The Labute approximate surface area is 118 Å². The van der Waals surface area contributed by atoms with Gasteiger partial charge < -0.3 is 10.0 Å². The van der Waals surface area contributed by atoms with E-state index in [2.05, 4.69) is 9.80 Å². The summed E-state index contributed by atoms with van der Waals surface area (Å²) in [5.74, 6) is 0. The van der Waals surface area contributed by atoms with Crippen molar-refractivity contribution in [2.45, 2.75) is 13.3 Å². The molecule has 1 aliphatic heterocycles. The van der Waals surface area contributed by atoms with Gasteiger partial charge in [-0.2, -0.15) is 0 Å². The first-order valence-electron chi connectivity index (χ1n) is 6.94. The third kappa shape index (κ3) is 3.68. The molecule has 0 spiro atoms. The minimum atomic E-state index is -0.341. The Morgan fingerprint density at radius 2 is 2.05 bits per heavy atom. The number of non-ortho nitro benzene ring substituents is 1. The predicted octanol–water partition coefficient (Wildman–Crippen LogP) is 1.41. The summed E-state index contributed by atoms with van der Waals surface area (Å²) in [6.07, 6.45) is 1.00. The zero-order valence-corrected chi connectivity index (χ0v) is 11.8. The number of aryl methyl sites for hydroxylation is 1. The summed E-state index contributed by atoms with van der Waals surface area (Å²) in [6, 6.07) is 5.24. The summed E-state index contributed by atoms with van der Waals surface area (Å²) in [5.41, 5.74) is 1.98. The first-order valence-corrected chi connectivity index (χ1v) is 6.94. The van der Waals surface area contributed by atoms with Gasteiger partial charge in [0.15, 0.2) is 0 Å². The highest BCUT2D eigenvalue weighted by Crippen LogP contribution is 2.24. The van der Waals surface area contributed by atoms with Crippen LogP contribution in [0.15, 0.2) is 18.2 Å². The number of rotatable bonds is 4. The Kier molecular flexibility index (Phi) is 4.92. The zero-order chi connectivity index (χ0) is 14.5. The van der Waals surface area contributed by atoms with Gasteiger partial charge >= 0.3 is 0 Å². The van der Waals surface area contributed by atoms with Gasteiger partial charge in [-0.3, -0.25) is 15.0 Å². The van der Waals surface area contributed by atoms with Crippen LogP contribution in [-0.4, -0.2) is 54.3 Å². The second kappa shape index (κ2) is 6.67. The predicted molar refractivity (Wildman–Crippen MR) is 78.2 cm³/mol. The molecule has 0 atom stereocenters. The number of hydrogen-bond donors (Lipinski definition) is 1. The standard InChI is InChI=1S/C14H21N3O3/c1-12-9-13(11-14(10-12)17(19)20)16-4-2-3-15(5-6-16)7-8-18/h9-11,18H,2-8H2,1H3. The van der Waals surface area contributed by atoms with E-state index in [9.17, 15) is 10.1 Å². The summed E-state index contributed by atoms with van der Waals surface area (Å²) in [7, 11) is 0. The van der Waals surface area contributed by atoms with E-state index in [1.54, 1.807) is 12.1 Å². The van der Waals surface area contributed by atoms with Crippen LogP contribution in [0.3, 0.4) is 0 Å². The quantitative estimate of drug-likeness (QED) is 0.666. The molecule has 20 heavy (non-hydrogen) atoms. The molecule has 0 bridgehead atoms. The molecular weight excluding hydrogens is 258 g/mol. The molecule has 1 aromatic rings. The molecule has 1 aliphatic rings. The van der Waals surface area contributed by atoms with Crippen molar-refractivity contribution in [3.63, 3.8) is 0 Å². The van der Waals surface area contributed by atoms with Crippen molar-refractivity contribution in [2.75, 3.05) is 44.2 Å². The van der Waals surface area contributed by atoms with E-state index in [0.29, 0.717) is 6.54 Å². The van der Waals surface area contributed by atoms with Crippen molar-refractivity contribution in [3.05, 3.63) is 33.9 Å². The van der Waals surface area contributed by atoms with Crippen LogP contribution in [0.5, 0.6) is 0 Å². The Morgan fingerprint density at radius 1 is 1.25 bits per heavy atom. The van der Waals surface area contributed by atoms with Crippen LogP contribution in [0.2, 0.25) is 0 Å². The van der Waals surface area contributed by atoms with Crippen LogP contribution in [0.4, 0.5) is 11.4 Å². The van der Waals surface area contributed by atoms with Crippen LogP contribution in [-0.2, 0) is 0 Å². The molecule has 0 unspecified atom stereocenters. The van der Waals surface area contributed by atoms with Gasteiger partial charge in [0.1, 0.15) is 0 Å². The maximum Gasteiger partial charge on any atom is 0.271 e. The second-order valence-corrected chi connectivity index (χ2v) is 5.19. The number of nitro groups is 1. The van der Waals surface area contributed by atoms with Gasteiger partial charge in [-0.1, -0.05) is 0 Å². The highest BCUT2D eigenvalue weighted by atomic mass is 16.6. The minimum Gasteiger partial charge on any atom is -0.395 e. The van der Waals surface area contributed by atoms with E-state index in [-0.39, 0.29) is 17.2 Å². The second-order valence-electron chi connectivity index (χ2n) is 5.19. The van der Waals surface area contributed by atoms with Gasteiger partial charge in [0.25, 0.3) is 5.69 Å². The van der Waals surface area contributed by atoms with Crippen molar-refractivity contribution < 1.29 is 10.0 Å². The molecule has 1 aromatic carbocycles. The fourth-order valence-electron chi connectivity index (χ4n) is 2.63. The molecule has 110 valence electrons. The maximum atomic E-state index is 10.9. The summed E-state index contributed by atoms with van der Waals surface area (Å²) in [5, 5.41) is 19.9. The third-order valence-electron chi connectivity index (χ3n) is 3.63. The largest absolute Gasteiger partial charge is 0.395 e. The molecule has 6 heteroatoms. The van der Waals surface area contributed by atoms with Gasteiger partial charge in [-0.25, -0.2) is 0 Å². The van der Waals surface area contributed by atoms with Crippen LogP contribution in [0.25, 0.3) is 0 Å². The average molecular weight is 279 g/mol. The third-order valence-corrected chi connectivity index (χ3v) is 3.63. The molecule has 2 rings (SSSR count). The number of aliphatic hydroxyl groups excluding tert-OH is 1. The Hall–Kier alpha value is -1.66. The highest BCUT2D eigenvalue weighted by molar-refractivity contribution is 5.55. The number of aliphatic hydroxyl groups is 1. The molecule has 0 aliphatic carbocycles. The lowest BCUT2D eigenvalue weighted by molar-refractivity contribution is -0.384. The average Bonchev–Trinajstić information content (AvgIpc) is 2.64. The Bertz CT molecular complexity index is 479. The Morgan fingerprint density at radius 3 is 2.75 bits per heavy atom. The number of nitro benzene ring substituents is 1. The lowest BCUT2D eigenvalue weighted by Crippen LogP contribution is -2.32. The van der Waals surface area contributed by atoms with Gasteiger partial charge in [0, 0.05) is 44.0 Å². The molecular formula is C14H21N3O3. The normalized spacial score (nSPS) is 17.0. The summed E-state index contributed by atoms with van der Waals surface area (Å²) in [4.78, 5) is 15.0. The van der Waals surface area contributed by atoms with Crippen LogP contribution < -0.4 is 4.90 Å². The molecule has 0 amide bonds. The van der Waals surface area contributed by atoms with Crippen LogP contribution in [0, 0.1) is 17.0 Å².